The first-order chi connectivity index (χ1) is 7.16. The van der Waals surface area contributed by atoms with Gasteiger partial charge in [0.25, 0.3) is 0 Å². The van der Waals surface area contributed by atoms with Crippen LogP contribution in [0.2, 0.25) is 0 Å². The lowest BCUT2D eigenvalue weighted by Crippen LogP contribution is -1.96. The number of nitrogen functional groups attached to an aromatic ring is 1. The maximum Gasteiger partial charge on any atom is 0.174 e. The van der Waals surface area contributed by atoms with Gasteiger partial charge in [-0.25, -0.2) is 8.78 Å². The molecule has 0 heterocycles. The molecular weight excluding hydrogens is 216 g/mol. The average molecular weight is 231 g/mol. The monoisotopic (exact) mass is 231 g/mol. The molecule has 0 spiro atoms. The van der Waals surface area contributed by atoms with E-state index in [2.05, 4.69) is 6.92 Å². The Morgan fingerprint density at radius 2 is 2.00 bits per heavy atom. The van der Waals surface area contributed by atoms with Crippen LogP contribution in [-0.2, 0) is 0 Å². The predicted molar refractivity (Wildman–Crippen MR) is 61.0 cm³/mol. The van der Waals surface area contributed by atoms with Crippen molar-refractivity contribution in [1.82, 2.24) is 0 Å². The zero-order valence-electron chi connectivity index (χ0n) is 8.72. The molecule has 0 aromatic heterocycles. The van der Waals surface area contributed by atoms with E-state index in [9.17, 15) is 8.78 Å². The molecule has 0 saturated carbocycles. The predicted octanol–water partition coefficient (Wildman–Crippen LogP) is 3.83. The van der Waals surface area contributed by atoms with Crippen molar-refractivity contribution in [3.63, 3.8) is 0 Å². The molecule has 1 aromatic carbocycles. The Hall–Kier alpha value is -0.770. The third-order valence-electron chi connectivity index (χ3n) is 2.07. The number of nitrogens with two attached hydrogens (primary N) is 1. The van der Waals surface area contributed by atoms with Gasteiger partial charge < -0.3 is 5.73 Å². The van der Waals surface area contributed by atoms with E-state index in [1.54, 1.807) is 0 Å². The molecular formula is C11H15F2NS. The Labute approximate surface area is 93.1 Å². The molecule has 0 fully saturated rings. The molecule has 15 heavy (non-hydrogen) atoms. The molecule has 1 rings (SSSR count). The standard InChI is InChI=1S/C11H15F2NS/c1-2-3-4-7-15-11-9(14)6-5-8(12)10(11)13/h5-6H,2-4,7,14H2,1H3. The second kappa shape index (κ2) is 5.95. The van der Waals surface area contributed by atoms with Gasteiger partial charge in [0.2, 0.25) is 0 Å². The van der Waals surface area contributed by atoms with E-state index in [1.165, 1.54) is 17.8 Å². The van der Waals surface area contributed by atoms with Crippen LogP contribution in [0.4, 0.5) is 14.5 Å². The number of anilines is 1. The maximum atomic E-state index is 13.3. The van der Waals surface area contributed by atoms with Crippen LogP contribution in [0.5, 0.6) is 0 Å². The summed E-state index contributed by atoms with van der Waals surface area (Å²) in [5, 5.41) is 0. The van der Waals surface area contributed by atoms with Crippen molar-refractivity contribution >= 4 is 17.4 Å². The summed E-state index contributed by atoms with van der Waals surface area (Å²) in [6.07, 6.45) is 3.21. The van der Waals surface area contributed by atoms with Crippen molar-refractivity contribution in [1.29, 1.82) is 0 Å². The van der Waals surface area contributed by atoms with Crippen molar-refractivity contribution in [3.05, 3.63) is 23.8 Å². The first-order valence-corrected chi connectivity index (χ1v) is 6.01. The maximum absolute atomic E-state index is 13.3. The van der Waals surface area contributed by atoms with Crippen LogP contribution in [0.25, 0.3) is 0 Å². The van der Waals surface area contributed by atoms with Crippen LogP contribution in [-0.4, -0.2) is 5.75 Å². The van der Waals surface area contributed by atoms with Gasteiger partial charge in [-0.3, -0.25) is 0 Å². The Kier molecular flexibility index (Phi) is 4.88. The van der Waals surface area contributed by atoms with Gasteiger partial charge in [-0.2, -0.15) is 0 Å². The first kappa shape index (κ1) is 12.3. The number of hydrogen-bond donors (Lipinski definition) is 1. The number of halogens is 2. The molecule has 0 aliphatic carbocycles. The summed E-state index contributed by atoms with van der Waals surface area (Å²) in [6.45, 7) is 2.10. The first-order valence-electron chi connectivity index (χ1n) is 5.03. The second-order valence-electron chi connectivity index (χ2n) is 3.34. The van der Waals surface area contributed by atoms with E-state index in [0.717, 1.165) is 31.1 Å². The van der Waals surface area contributed by atoms with Gasteiger partial charge in [0.15, 0.2) is 11.6 Å². The Morgan fingerprint density at radius 3 is 2.67 bits per heavy atom. The lowest BCUT2D eigenvalue weighted by molar-refractivity contribution is 0.492. The third-order valence-corrected chi connectivity index (χ3v) is 3.27. The average Bonchev–Trinajstić information content (AvgIpc) is 2.23. The lowest BCUT2D eigenvalue weighted by Gasteiger charge is -2.06. The fraction of sp³-hybridized carbons (Fsp3) is 0.455. The number of benzene rings is 1. The quantitative estimate of drug-likeness (QED) is 0.473. The highest BCUT2D eigenvalue weighted by Gasteiger charge is 2.11. The van der Waals surface area contributed by atoms with Crippen LogP contribution in [0.15, 0.2) is 17.0 Å². The summed E-state index contributed by atoms with van der Waals surface area (Å²) in [6, 6.07) is 2.46. The molecule has 0 aliphatic heterocycles. The SMILES string of the molecule is CCCCCSc1c(N)ccc(F)c1F. The summed E-state index contributed by atoms with van der Waals surface area (Å²) in [5.41, 5.74) is 5.89. The van der Waals surface area contributed by atoms with Gasteiger partial charge in [0.1, 0.15) is 0 Å². The van der Waals surface area contributed by atoms with Gasteiger partial charge in [-0.15, -0.1) is 11.8 Å². The Balaban J connectivity index is 2.63. The molecule has 1 aromatic rings. The number of unbranched alkanes of at least 4 members (excludes halogenated alkanes) is 2. The highest BCUT2D eigenvalue weighted by Crippen LogP contribution is 2.30. The van der Waals surface area contributed by atoms with E-state index in [1.807, 2.05) is 0 Å². The van der Waals surface area contributed by atoms with Crippen molar-refractivity contribution in [2.24, 2.45) is 0 Å². The number of rotatable bonds is 5. The number of hydrogen-bond acceptors (Lipinski definition) is 2. The summed E-state index contributed by atoms with van der Waals surface area (Å²) < 4.78 is 26.2. The second-order valence-corrected chi connectivity index (χ2v) is 4.44. The molecule has 0 aliphatic rings. The van der Waals surface area contributed by atoms with Crippen molar-refractivity contribution in [3.8, 4) is 0 Å². The molecule has 0 bridgehead atoms. The minimum atomic E-state index is -0.831. The molecule has 84 valence electrons. The highest BCUT2D eigenvalue weighted by atomic mass is 32.2. The molecule has 4 heteroatoms. The van der Waals surface area contributed by atoms with Crippen LogP contribution >= 0.6 is 11.8 Å². The van der Waals surface area contributed by atoms with Crippen LogP contribution in [0.3, 0.4) is 0 Å². The smallest absolute Gasteiger partial charge is 0.174 e. The van der Waals surface area contributed by atoms with Gasteiger partial charge in [0, 0.05) is 5.69 Å². The van der Waals surface area contributed by atoms with Crippen LogP contribution in [0.1, 0.15) is 26.2 Å². The zero-order valence-corrected chi connectivity index (χ0v) is 9.54. The topological polar surface area (TPSA) is 26.0 Å². The summed E-state index contributed by atoms with van der Waals surface area (Å²) in [5.74, 6) is -0.878. The minimum Gasteiger partial charge on any atom is -0.398 e. The summed E-state index contributed by atoms with van der Waals surface area (Å²) >= 11 is 1.29. The normalized spacial score (nSPS) is 10.6. The van der Waals surface area contributed by atoms with E-state index < -0.39 is 11.6 Å². The lowest BCUT2D eigenvalue weighted by atomic mass is 10.3. The van der Waals surface area contributed by atoms with Gasteiger partial charge in [-0.05, 0) is 24.3 Å². The van der Waals surface area contributed by atoms with E-state index in [0.29, 0.717) is 5.69 Å². The molecule has 1 nitrogen and oxygen atoms in total. The van der Waals surface area contributed by atoms with E-state index in [-0.39, 0.29) is 4.90 Å². The van der Waals surface area contributed by atoms with Crippen molar-refractivity contribution in [2.45, 2.75) is 31.1 Å². The fourth-order valence-electron chi connectivity index (χ4n) is 1.22. The Bertz CT molecular complexity index is 329. The fourth-order valence-corrected chi connectivity index (χ4v) is 2.23. The van der Waals surface area contributed by atoms with Gasteiger partial charge in [-0.1, -0.05) is 19.8 Å². The molecule has 2 N–H and O–H groups in total. The summed E-state index contributed by atoms with van der Waals surface area (Å²) in [4.78, 5) is 0.242. The largest absolute Gasteiger partial charge is 0.398 e. The minimum absolute atomic E-state index is 0.242. The van der Waals surface area contributed by atoms with Crippen LogP contribution in [0, 0.1) is 11.6 Å². The van der Waals surface area contributed by atoms with Crippen molar-refractivity contribution in [2.75, 3.05) is 11.5 Å². The Morgan fingerprint density at radius 1 is 1.27 bits per heavy atom. The molecule has 0 radical (unpaired) electrons. The van der Waals surface area contributed by atoms with Gasteiger partial charge >= 0.3 is 0 Å². The number of thioether (sulfide) groups is 1. The molecule has 0 amide bonds. The highest BCUT2D eigenvalue weighted by molar-refractivity contribution is 7.99. The van der Waals surface area contributed by atoms with Gasteiger partial charge in [0.05, 0.1) is 4.90 Å². The van der Waals surface area contributed by atoms with Crippen LogP contribution < -0.4 is 5.73 Å². The zero-order chi connectivity index (χ0) is 11.3. The summed E-state index contributed by atoms with van der Waals surface area (Å²) in [7, 11) is 0. The van der Waals surface area contributed by atoms with E-state index >= 15 is 0 Å². The molecule has 0 atom stereocenters. The van der Waals surface area contributed by atoms with E-state index in [4.69, 9.17) is 5.73 Å². The van der Waals surface area contributed by atoms with Crippen molar-refractivity contribution < 1.29 is 8.78 Å². The molecule has 0 saturated heterocycles. The molecule has 0 unspecified atom stereocenters. The third kappa shape index (κ3) is 3.38.